The molecule has 0 unspecified atom stereocenters. The van der Waals surface area contributed by atoms with Gasteiger partial charge in [-0.1, -0.05) is 43.7 Å². The van der Waals surface area contributed by atoms with Crippen LogP contribution in [0, 0.1) is 0 Å². The lowest BCUT2D eigenvalue weighted by atomic mass is 10.1. The molecule has 2 aromatic carbocycles. The molecule has 0 saturated carbocycles. The van der Waals surface area contributed by atoms with Crippen molar-refractivity contribution in [1.29, 1.82) is 0 Å². The third-order valence-electron chi connectivity index (χ3n) is 3.76. The molecule has 0 atom stereocenters. The van der Waals surface area contributed by atoms with E-state index in [0.29, 0.717) is 5.58 Å². The highest BCUT2D eigenvalue weighted by molar-refractivity contribution is 7.90. The summed E-state index contributed by atoms with van der Waals surface area (Å²) in [6, 6.07) is 15.2. The van der Waals surface area contributed by atoms with Crippen molar-refractivity contribution in [3.63, 3.8) is 0 Å². The van der Waals surface area contributed by atoms with Crippen LogP contribution in [0.4, 0.5) is 0 Å². The van der Waals surface area contributed by atoms with Gasteiger partial charge in [0.15, 0.2) is 0 Å². The molecule has 0 aliphatic rings. The fourth-order valence-corrected chi connectivity index (χ4v) is 3.38. The lowest BCUT2D eigenvalue weighted by Crippen LogP contribution is -2.05. The zero-order valence-corrected chi connectivity index (χ0v) is 15.0. The number of aryl methyl sites for hydroxylation is 1. The molecule has 0 spiro atoms. The molecule has 6 heteroatoms. The molecule has 0 aliphatic carbocycles. The molecule has 0 aliphatic heterocycles. The lowest BCUT2D eigenvalue weighted by molar-refractivity contribution is 0.495. The van der Waals surface area contributed by atoms with E-state index in [1.54, 1.807) is 24.3 Å². The number of hydrogen-bond donors (Lipinski definition) is 0. The summed E-state index contributed by atoms with van der Waals surface area (Å²) < 4.78 is 34.6. The SMILES string of the molecule is CCCc1cc(=O)oc2cc(OS(=O)(=O)/C=C/c3ccccc3)ccc12. The first-order valence-corrected chi connectivity index (χ1v) is 9.68. The quantitative estimate of drug-likeness (QED) is 0.482. The van der Waals surface area contributed by atoms with Crippen molar-refractivity contribution < 1.29 is 17.0 Å². The molecular weight excluding hydrogens is 352 g/mol. The maximum atomic E-state index is 12.1. The van der Waals surface area contributed by atoms with E-state index in [1.165, 1.54) is 18.2 Å². The molecule has 0 fully saturated rings. The molecule has 1 aromatic heterocycles. The van der Waals surface area contributed by atoms with Crippen LogP contribution in [0.25, 0.3) is 17.0 Å². The molecule has 1 heterocycles. The minimum absolute atomic E-state index is 0.0898. The second-order valence-corrected chi connectivity index (χ2v) is 7.21. The van der Waals surface area contributed by atoms with Crippen molar-refractivity contribution in [3.8, 4) is 5.75 Å². The van der Waals surface area contributed by atoms with E-state index in [2.05, 4.69) is 0 Å². The van der Waals surface area contributed by atoms with E-state index >= 15 is 0 Å². The van der Waals surface area contributed by atoms with Gasteiger partial charge in [0.25, 0.3) is 0 Å². The minimum Gasteiger partial charge on any atom is -0.423 e. The zero-order chi connectivity index (χ0) is 18.6. The van der Waals surface area contributed by atoms with Crippen molar-refractivity contribution in [1.82, 2.24) is 0 Å². The molecule has 5 nitrogen and oxygen atoms in total. The van der Waals surface area contributed by atoms with E-state index in [-0.39, 0.29) is 5.75 Å². The number of rotatable bonds is 6. The van der Waals surface area contributed by atoms with Crippen molar-refractivity contribution >= 4 is 27.2 Å². The molecular formula is C20H18O5S. The number of hydrogen-bond acceptors (Lipinski definition) is 5. The number of fused-ring (bicyclic) bond motifs is 1. The average Bonchev–Trinajstić information content (AvgIpc) is 2.60. The van der Waals surface area contributed by atoms with Crippen LogP contribution < -0.4 is 9.81 Å². The van der Waals surface area contributed by atoms with Crippen LogP contribution in [0.15, 0.2) is 69.2 Å². The Morgan fingerprint density at radius 2 is 1.85 bits per heavy atom. The van der Waals surface area contributed by atoms with Crippen LogP contribution in [0.3, 0.4) is 0 Å². The maximum absolute atomic E-state index is 12.1. The highest BCUT2D eigenvalue weighted by Crippen LogP contribution is 2.24. The summed E-state index contributed by atoms with van der Waals surface area (Å²) in [6.45, 7) is 2.02. The summed E-state index contributed by atoms with van der Waals surface area (Å²) in [7, 11) is -3.93. The van der Waals surface area contributed by atoms with Crippen molar-refractivity contribution in [2.75, 3.05) is 0 Å². The molecule has 26 heavy (non-hydrogen) atoms. The molecule has 3 aromatic rings. The Bertz CT molecular complexity index is 1100. The van der Waals surface area contributed by atoms with Gasteiger partial charge in [0.05, 0.1) is 5.41 Å². The van der Waals surface area contributed by atoms with Crippen LogP contribution in [0.2, 0.25) is 0 Å². The van der Waals surface area contributed by atoms with Crippen LogP contribution in [0.5, 0.6) is 5.75 Å². The molecule has 134 valence electrons. The van der Waals surface area contributed by atoms with E-state index in [4.69, 9.17) is 8.60 Å². The highest BCUT2D eigenvalue weighted by Gasteiger charge is 2.11. The van der Waals surface area contributed by atoms with Gasteiger partial charge in [-0.3, -0.25) is 0 Å². The summed E-state index contributed by atoms with van der Waals surface area (Å²) in [5, 5.41) is 1.77. The van der Waals surface area contributed by atoms with Gasteiger partial charge in [-0.25, -0.2) is 4.79 Å². The third-order valence-corrected chi connectivity index (χ3v) is 4.65. The first-order chi connectivity index (χ1) is 12.5. The Morgan fingerprint density at radius 1 is 1.08 bits per heavy atom. The Morgan fingerprint density at radius 3 is 2.58 bits per heavy atom. The van der Waals surface area contributed by atoms with Gasteiger partial charge in [-0.2, -0.15) is 8.42 Å². The highest BCUT2D eigenvalue weighted by atomic mass is 32.2. The predicted octanol–water partition coefficient (Wildman–Crippen LogP) is 4.13. The fourth-order valence-electron chi connectivity index (χ4n) is 2.63. The second kappa shape index (κ2) is 7.58. The standard InChI is InChI=1S/C20H18O5S/c1-2-6-16-13-20(21)24-19-14-17(9-10-18(16)19)25-26(22,23)12-11-15-7-4-3-5-8-15/h3-5,7-14H,2,6H2,1H3/b12-11+. The van der Waals surface area contributed by atoms with Crippen LogP contribution >= 0.6 is 0 Å². The van der Waals surface area contributed by atoms with Crippen molar-refractivity contribution in [3.05, 3.63) is 81.6 Å². The lowest BCUT2D eigenvalue weighted by Gasteiger charge is -2.07. The maximum Gasteiger partial charge on any atom is 0.336 e. The van der Waals surface area contributed by atoms with Gasteiger partial charge in [0.1, 0.15) is 11.3 Å². The monoisotopic (exact) mass is 370 g/mol. The molecule has 0 radical (unpaired) electrons. The molecule has 0 N–H and O–H groups in total. The third kappa shape index (κ3) is 4.40. The van der Waals surface area contributed by atoms with Gasteiger partial charge in [0, 0.05) is 17.5 Å². The molecule has 0 saturated heterocycles. The predicted molar refractivity (Wildman–Crippen MR) is 102 cm³/mol. The van der Waals surface area contributed by atoms with E-state index in [0.717, 1.165) is 34.8 Å². The van der Waals surface area contributed by atoms with Crippen LogP contribution in [-0.4, -0.2) is 8.42 Å². The van der Waals surface area contributed by atoms with E-state index in [9.17, 15) is 13.2 Å². The topological polar surface area (TPSA) is 73.6 Å². The van der Waals surface area contributed by atoms with Crippen molar-refractivity contribution in [2.24, 2.45) is 0 Å². The summed E-state index contributed by atoms with van der Waals surface area (Å²) in [4.78, 5) is 11.7. The summed E-state index contributed by atoms with van der Waals surface area (Å²) >= 11 is 0. The smallest absolute Gasteiger partial charge is 0.336 e. The summed E-state index contributed by atoms with van der Waals surface area (Å²) in [5.41, 5.74) is 1.45. The first kappa shape index (κ1) is 17.9. The molecule has 3 rings (SSSR count). The van der Waals surface area contributed by atoms with Gasteiger partial charge < -0.3 is 8.60 Å². The second-order valence-electron chi connectivity index (χ2n) is 5.79. The average molecular weight is 370 g/mol. The Hall–Kier alpha value is -2.86. The fraction of sp³-hybridized carbons (Fsp3) is 0.150. The summed E-state index contributed by atoms with van der Waals surface area (Å²) in [5.74, 6) is 0.0898. The number of benzene rings is 2. The Kier molecular flexibility index (Phi) is 5.23. The van der Waals surface area contributed by atoms with Gasteiger partial charge in [0.2, 0.25) is 0 Å². The van der Waals surface area contributed by atoms with Gasteiger partial charge >= 0.3 is 15.7 Å². The minimum atomic E-state index is -3.93. The van der Waals surface area contributed by atoms with E-state index in [1.807, 2.05) is 25.1 Å². The zero-order valence-electron chi connectivity index (χ0n) is 14.2. The molecule has 0 bridgehead atoms. The Labute approximate surface area is 151 Å². The van der Waals surface area contributed by atoms with Crippen LogP contribution in [0.1, 0.15) is 24.5 Å². The normalized spacial score (nSPS) is 11.9. The van der Waals surface area contributed by atoms with Crippen LogP contribution in [-0.2, 0) is 16.5 Å². The van der Waals surface area contributed by atoms with E-state index < -0.39 is 15.7 Å². The molecule has 0 amide bonds. The summed E-state index contributed by atoms with van der Waals surface area (Å²) in [6.07, 6.45) is 3.08. The van der Waals surface area contributed by atoms with Gasteiger partial charge in [-0.15, -0.1) is 0 Å². The van der Waals surface area contributed by atoms with Crippen molar-refractivity contribution in [2.45, 2.75) is 19.8 Å². The largest absolute Gasteiger partial charge is 0.423 e. The Balaban J connectivity index is 1.89. The first-order valence-electron chi connectivity index (χ1n) is 8.21. The van der Waals surface area contributed by atoms with Gasteiger partial charge in [-0.05, 0) is 35.8 Å².